The molecular formula is C12H22O3S. The molecule has 2 aliphatic heterocycles. The van der Waals surface area contributed by atoms with Gasteiger partial charge in [0.2, 0.25) is 0 Å². The van der Waals surface area contributed by atoms with E-state index in [1.165, 1.54) is 12.8 Å². The molecule has 0 spiro atoms. The van der Waals surface area contributed by atoms with Crippen LogP contribution in [-0.2, 0) is 9.47 Å². The van der Waals surface area contributed by atoms with Crippen LogP contribution in [0.15, 0.2) is 0 Å². The Morgan fingerprint density at radius 3 is 2.50 bits per heavy atom. The number of methoxy groups -OCH3 is 1. The lowest BCUT2D eigenvalue weighted by atomic mass is 9.90. The van der Waals surface area contributed by atoms with Gasteiger partial charge in [-0.15, -0.1) is 0 Å². The van der Waals surface area contributed by atoms with Gasteiger partial charge in [0.15, 0.2) is 0 Å². The maximum atomic E-state index is 10.5. The zero-order valence-corrected chi connectivity index (χ0v) is 10.8. The van der Waals surface area contributed by atoms with Crippen LogP contribution >= 0.6 is 11.8 Å². The first-order valence-electron chi connectivity index (χ1n) is 6.16. The molecule has 2 aliphatic rings. The number of fused-ring (bicyclic) bond motifs is 2. The SMILES string of the molecule is COCCOCCC1(O)CC2CCC(C1)S2. The molecule has 0 aromatic carbocycles. The molecule has 2 bridgehead atoms. The molecule has 1 N–H and O–H groups in total. The quantitative estimate of drug-likeness (QED) is 0.726. The molecule has 0 amide bonds. The van der Waals surface area contributed by atoms with E-state index in [0.717, 1.165) is 19.3 Å². The minimum Gasteiger partial charge on any atom is -0.390 e. The van der Waals surface area contributed by atoms with E-state index in [1.807, 2.05) is 0 Å². The summed E-state index contributed by atoms with van der Waals surface area (Å²) in [5, 5.41) is 11.9. The van der Waals surface area contributed by atoms with Crippen molar-refractivity contribution in [3.05, 3.63) is 0 Å². The molecule has 4 heteroatoms. The highest BCUT2D eigenvalue weighted by molar-refractivity contribution is 8.00. The standard InChI is InChI=1S/C12H22O3S/c1-14-6-7-15-5-4-12(13)8-10-2-3-11(9-12)16-10/h10-11,13H,2-9H2,1H3. The normalized spacial score (nSPS) is 37.9. The van der Waals surface area contributed by atoms with Gasteiger partial charge in [0.05, 0.1) is 18.8 Å². The molecule has 0 aliphatic carbocycles. The third-order valence-electron chi connectivity index (χ3n) is 3.55. The Morgan fingerprint density at radius 1 is 1.19 bits per heavy atom. The van der Waals surface area contributed by atoms with Crippen molar-refractivity contribution in [3.63, 3.8) is 0 Å². The molecule has 2 saturated heterocycles. The maximum Gasteiger partial charge on any atom is 0.0700 e. The van der Waals surface area contributed by atoms with E-state index in [1.54, 1.807) is 7.11 Å². The molecule has 2 rings (SSSR count). The second-order valence-corrected chi connectivity index (χ2v) is 6.55. The van der Waals surface area contributed by atoms with Gasteiger partial charge in [-0.1, -0.05) is 0 Å². The minimum atomic E-state index is -0.454. The van der Waals surface area contributed by atoms with Crippen LogP contribution < -0.4 is 0 Å². The van der Waals surface area contributed by atoms with E-state index in [0.29, 0.717) is 30.3 Å². The van der Waals surface area contributed by atoms with Crippen LogP contribution in [0.4, 0.5) is 0 Å². The van der Waals surface area contributed by atoms with Gasteiger partial charge in [0.1, 0.15) is 0 Å². The van der Waals surface area contributed by atoms with Crippen LogP contribution in [0.1, 0.15) is 32.1 Å². The third kappa shape index (κ3) is 3.36. The summed E-state index contributed by atoms with van der Waals surface area (Å²) in [6.45, 7) is 1.93. The Bertz CT molecular complexity index is 210. The molecule has 94 valence electrons. The van der Waals surface area contributed by atoms with Crippen molar-refractivity contribution in [3.8, 4) is 0 Å². The second-order valence-electron chi connectivity index (χ2n) is 4.95. The predicted octanol–water partition coefficient (Wildman–Crippen LogP) is 1.83. The third-order valence-corrected chi connectivity index (χ3v) is 5.13. The van der Waals surface area contributed by atoms with Crippen molar-refractivity contribution >= 4 is 11.8 Å². The summed E-state index contributed by atoms with van der Waals surface area (Å²) in [6, 6.07) is 0. The van der Waals surface area contributed by atoms with Gasteiger partial charge in [-0.05, 0) is 32.1 Å². The lowest BCUT2D eigenvalue weighted by Crippen LogP contribution is -2.38. The Labute approximate surface area is 102 Å². The monoisotopic (exact) mass is 246 g/mol. The Kier molecular flexibility index (Phi) is 4.53. The van der Waals surface area contributed by atoms with Crippen molar-refractivity contribution < 1.29 is 14.6 Å². The summed E-state index contributed by atoms with van der Waals surface area (Å²) < 4.78 is 10.4. The summed E-state index contributed by atoms with van der Waals surface area (Å²) in [4.78, 5) is 0. The van der Waals surface area contributed by atoms with Crippen LogP contribution in [0, 0.1) is 0 Å². The summed E-state index contributed by atoms with van der Waals surface area (Å²) in [7, 11) is 1.67. The Hall–Kier alpha value is 0.230. The van der Waals surface area contributed by atoms with E-state index < -0.39 is 5.60 Å². The highest BCUT2D eigenvalue weighted by atomic mass is 32.2. The van der Waals surface area contributed by atoms with Crippen LogP contribution in [0.25, 0.3) is 0 Å². The van der Waals surface area contributed by atoms with Crippen molar-refractivity contribution in [1.82, 2.24) is 0 Å². The van der Waals surface area contributed by atoms with E-state index >= 15 is 0 Å². The lowest BCUT2D eigenvalue weighted by Gasteiger charge is -2.36. The zero-order valence-electron chi connectivity index (χ0n) is 9.98. The first-order chi connectivity index (χ1) is 7.72. The molecule has 2 unspecified atom stereocenters. The summed E-state index contributed by atoms with van der Waals surface area (Å²) in [6.07, 6.45) is 5.29. The average Bonchev–Trinajstić information content (AvgIpc) is 2.58. The zero-order chi connectivity index (χ0) is 11.4. The summed E-state index contributed by atoms with van der Waals surface area (Å²) in [5.41, 5.74) is -0.454. The minimum absolute atomic E-state index is 0.454. The number of hydrogen-bond acceptors (Lipinski definition) is 4. The van der Waals surface area contributed by atoms with Gasteiger partial charge in [-0.2, -0.15) is 11.8 Å². The number of aliphatic hydroxyl groups is 1. The summed E-state index contributed by atoms with van der Waals surface area (Å²) in [5.74, 6) is 0. The van der Waals surface area contributed by atoms with Gasteiger partial charge in [-0.3, -0.25) is 0 Å². The van der Waals surface area contributed by atoms with Crippen molar-refractivity contribution in [2.45, 2.75) is 48.2 Å². The molecule has 2 atom stereocenters. The smallest absolute Gasteiger partial charge is 0.0700 e. The van der Waals surface area contributed by atoms with Crippen molar-refractivity contribution in [1.29, 1.82) is 0 Å². The Balaban J connectivity index is 1.67. The summed E-state index contributed by atoms with van der Waals surface area (Å²) >= 11 is 2.08. The predicted molar refractivity (Wildman–Crippen MR) is 65.9 cm³/mol. The first kappa shape index (κ1) is 12.7. The van der Waals surface area contributed by atoms with E-state index in [4.69, 9.17) is 9.47 Å². The number of ether oxygens (including phenoxy) is 2. The second kappa shape index (κ2) is 5.71. The molecule has 3 nitrogen and oxygen atoms in total. The highest BCUT2D eigenvalue weighted by Crippen LogP contribution is 2.48. The van der Waals surface area contributed by atoms with E-state index in [9.17, 15) is 5.11 Å². The van der Waals surface area contributed by atoms with Gasteiger partial charge in [-0.25, -0.2) is 0 Å². The van der Waals surface area contributed by atoms with E-state index in [2.05, 4.69) is 11.8 Å². The molecule has 2 heterocycles. The molecule has 0 aromatic rings. The first-order valence-corrected chi connectivity index (χ1v) is 7.11. The highest BCUT2D eigenvalue weighted by Gasteiger charge is 2.42. The largest absolute Gasteiger partial charge is 0.390 e. The van der Waals surface area contributed by atoms with Crippen LogP contribution in [0.2, 0.25) is 0 Å². The van der Waals surface area contributed by atoms with Crippen molar-refractivity contribution in [2.24, 2.45) is 0 Å². The van der Waals surface area contributed by atoms with E-state index in [-0.39, 0.29) is 0 Å². The van der Waals surface area contributed by atoms with Crippen molar-refractivity contribution in [2.75, 3.05) is 26.9 Å². The van der Waals surface area contributed by atoms with Gasteiger partial charge >= 0.3 is 0 Å². The van der Waals surface area contributed by atoms with Gasteiger partial charge < -0.3 is 14.6 Å². The number of hydrogen-bond donors (Lipinski definition) is 1. The lowest BCUT2D eigenvalue weighted by molar-refractivity contribution is -0.0189. The molecular weight excluding hydrogens is 224 g/mol. The fourth-order valence-electron chi connectivity index (χ4n) is 2.72. The fourth-order valence-corrected chi connectivity index (χ4v) is 4.62. The van der Waals surface area contributed by atoms with Crippen LogP contribution in [0.3, 0.4) is 0 Å². The maximum absolute atomic E-state index is 10.5. The molecule has 16 heavy (non-hydrogen) atoms. The Morgan fingerprint density at radius 2 is 1.88 bits per heavy atom. The average molecular weight is 246 g/mol. The topological polar surface area (TPSA) is 38.7 Å². The van der Waals surface area contributed by atoms with Gasteiger partial charge in [0, 0.05) is 24.2 Å². The van der Waals surface area contributed by atoms with Gasteiger partial charge in [0.25, 0.3) is 0 Å². The molecule has 0 radical (unpaired) electrons. The molecule has 0 saturated carbocycles. The molecule has 0 aromatic heterocycles. The molecule has 2 fully saturated rings. The van der Waals surface area contributed by atoms with Crippen LogP contribution in [0.5, 0.6) is 0 Å². The van der Waals surface area contributed by atoms with Crippen LogP contribution in [-0.4, -0.2) is 48.1 Å². The number of thioether (sulfide) groups is 1. The fraction of sp³-hybridized carbons (Fsp3) is 1.00. The number of rotatable bonds is 6.